The Balaban J connectivity index is 1.80. The highest BCUT2D eigenvalue weighted by Gasteiger charge is 2.07. The Morgan fingerprint density at radius 2 is 1.88 bits per heavy atom. The van der Waals surface area contributed by atoms with E-state index in [1.165, 1.54) is 16.2 Å². The minimum atomic E-state index is 1.07. The Kier molecular flexibility index (Phi) is 4.22. The second-order valence-corrected chi connectivity index (χ2v) is 4.43. The van der Waals surface area contributed by atoms with Crippen molar-refractivity contribution in [1.82, 2.24) is 0 Å². The quantitative estimate of drug-likeness (QED) is 0.723. The first-order valence-corrected chi connectivity index (χ1v) is 6.06. The fourth-order valence-corrected chi connectivity index (χ4v) is 1.91. The van der Waals surface area contributed by atoms with Gasteiger partial charge in [0, 0.05) is 29.8 Å². The number of rotatable bonds is 5. The van der Waals surface area contributed by atoms with E-state index in [1.54, 1.807) is 0 Å². The van der Waals surface area contributed by atoms with E-state index in [-0.39, 0.29) is 0 Å². The van der Waals surface area contributed by atoms with Crippen LogP contribution in [0.3, 0.4) is 0 Å². The highest BCUT2D eigenvalue weighted by Crippen LogP contribution is 1.91. The van der Waals surface area contributed by atoms with Crippen molar-refractivity contribution < 1.29 is 14.9 Å². The molecule has 17 heavy (non-hydrogen) atoms. The van der Waals surface area contributed by atoms with Crippen LogP contribution in [0.15, 0.2) is 48.9 Å². The summed E-state index contributed by atoms with van der Waals surface area (Å²) >= 11 is 0. The summed E-state index contributed by atoms with van der Waals surface area (Å²) in [5.41, 5.74) is 2.67. The first-order chi connectivity index (χ1) is 8.34. The molecule has 3 nitrogen and oxygen atoms in total. The second-order valence-electron chi connectivity index (χ2n) is 4.43. The molecular formula is C14H20N3+3. The van der Waals surface area contributed by atoms with Crippen molar-refractivity contribution in [2.45, 2.75) is 13.0 Å². The van der Waals surface area contributed by atoms with Gasteiger partial charge in [-0.3, -0.25) is 0 Å². The first kappa shape index (κ1) is 11.7. The summed E-state index contributed by atoms with van der Waals surface area (Å²) in [5, 5.41) is 0. The predicted molar refractivity (Wildman–Crippen MR) is 65.2 cm³/mol. The number of likely N-dealkylation sites (N-methyl/N-ethyl adjacent to an activating group) is 1. The van der Waals surface area contributed by atoms with Crippen LogP contribution in [0.1, 0.15) is 11.3 Å². The van der Waals surface area contributed by atoms with E-state index in [9.17, 15) is 0 Å². The Morgan fingerprint density at radius 1 is 1.06 bits per heavy atom. The third-order valence-corrected chi connectivity index (χ3v) is 2.89. The van der Waals surface area contributed by atoms with Crippen molar-refractivity contribution in [3.8, 4) is 0 Å². The Bertz CT molecular complexity index is 428. The lowest BCUT2D eigenvalue weighted by Gasteiger charge is -2.11. The number of pyridine rings is 2. The number of aromatic amines is 2. The maximum atomic E-state index is 3.27. The van der Waals surface area contributed by atoms with Crippen LogP contribution in [0.25, 0.3) is 0 Å². The molecular weight excluding hydrogens is 210 g/mol. The number of aromatic nitrogens is 2. The Labute approximate surface area is 102 Å². The molecule has 88 valence electrons. The van der Waals surface area contributed by atoms with Crippen LogP contribution in [0.5, 0.6) is 0 Å². The molecule has 0 aliphatic carbocycles. The summed E-state index contributed by atoms with van der Waals surface area (Å²) in [6.45, 7) is 2.21. The van der Waals surface area contributed by atoms with Gasteiger partial charge in [-0.05, 0) is 0 Å². The zero-order valence-corrected chi connectivity index (χ0v) is 10.2. The Morgan fingerprint density at radius 3 is 2.59 bits per heavy atom. The Hall–Kier alpha value is -1.74. The lowest BCUT2D eigenvalue weighted by molar-refractivity contribution is -0.893. The third-order valence-electron chi connectivity index (χ3n) is 2.89. The molecule has 1 atom stereocenters. The van der Waals surface area contributed by atoms with E-state index < -0.39 is 0 Å². The standard InChI is InChI=1S/C14H17N3/c1-17(12-13-5-9-15-10-6-13)11-7-14-4-2-3-8-16-14/h2-6,8-10H,7,11-12H2,1H3/p+3. The van der Waals surface area contributed by atoms with Gasteiger partial charge in [-0.1, -0.05) is 6.07 Å². The van der Waals surface area contributed by atoms with Gasteiger partial charge in [0.05, 0.1) is 20.0 Å². The molecule has 0 bridgehead atoms. The van der Waals surface area contributed by atoms with Crippen molar-refractivity contribution in [1.29, 1.82) is 0 Å². The molecule has 3 heteroatoms. The van der Waals surface area contributed by atoms with Gasteiger partial charge in [0.15, 0.2) is 24.3 Å². The third kappa shape index (κ3) is 3.96. The zero-order valence-electron chi connectivity index (χ0n) is 10.2. The van der Waals surface area contributed by atoms with E-state index in [4.69, 9.17) is 0 Å². The fraction of sp³-hybridized carbons (Fsp3) is 0.286. The topological polar surface area (TPSA) is 32.7 Å². The first-order valence-electron chi connectivity index (χ1n) is 6.06. The van der Waals surface area contributed by atoms with E-state index in [0.717, 1.165) is 19.5 Å². The van der Waals surface area contributed by atoms with Gasteiger partial charge in [-0.25, -0.2) is 9.97 Å². The van der Waals surface area contributed by atoms with Crippen molar-refractivity contribution in [3.63, 3.8) is 0 Å². The second kappa shape index (κ2) is 6.11. The highest BCUT2D eigenvalue weighted by molar-refractivity contribution is 5.04. The number of nitrogens with one attached hydrogen (secondary N) is 3. The highest BCUT2D eigenvalue weighted by atomic mass is 15.1. The molecule has 2 heterocycles. The molecule has 2 aromatic rings. The number of quaternary nitrogens is 1. The maximum absolute atomic E-state index is 3.27. The van der Waals surface area contributed by atoms with Crippen LogP contribution in [0, 0.1) is 0 Å². The fourth-order valence-electron chi connectivity index (χ4n) is 1.91. The van der Waals surface area contributed by atoms with Gasteiger partial charge in [0.1, 0.15) is 6.54 Å². The number of hydrogen-bond acceptors (Lipinski definition) is 0. The van der Waals surface area contributed by atoms with Gasteiger partial charge in [-0.15, -0.1) is 0 Å². The smallest absolute Gasteiger partial charge is 0.185 e. The van der Waals surface area contributed by atoms with E-state index in [1.807, 2.05) is 24.7 Å². The van der Waals surface area contributed by atoms with Crippen LogP contribution < -0.4 is 14.9 Å². The molecule has 0 saturated carbocycles. The van der Waals surface area contributed by atoms with Crippen molar-refractivity contribution >= 4 is 0 Å². The van der Waals surface area contributed by atoms with Crippen molar-refractivity contribution in [2.75, 3.05) is 13.6 Å². The summed E-state index contributed by atoms with van der Waals surface area (Å²) in [7, 11) is 2.24. The van der Waals surface area contributed by atoms with Gasteiger partial charge < -0.3 is 4.90 Å². The summed E-state index contributed by atoms with van der Waals surface area (Å²) in [6.07, 6.45) is 7.03. The molecule has 0 aliphatic rings. The molecule has 0 fully saturated rings. The van der Waals surface area contributed by atoms with E-state index in [2.05, 4.69) is 41.3 Å². The number of H-pyrrole nitrogens is 2. The monoisotopic (exact) mass is 230 g/mol. The SMILES string of the molecule is C[NH+](CCc1cccc[nH+]1)Cc1cc[nH+]cc1. The lowest BCUT2D eigenvalue weighted by atomic mass is 10.2. The molecule has 0 aromatic carbocycles. The number of hydrogen-bond donors (Lipinski definition) is 1. The van der Waals surface area contributed by atoms with Crippen molar-refractivity contribution in [2.24, 2.45) is 0 Å². The summed E-state index contributed by atoms with van der Waals surface area (Å²) < 4.78 is 0. The van der Waals surface area contributed by atoms with Crippen LogP contribution in [-0.2, 0) is 13.0 Å². The van der Waals surface area contributed by atoms with Gasteiger partial charge >= 0.3 is 0 Å². The maximum Gasteiger partial charge on any atom is 0.185 e. The minimum absolute atomic E-state index is 1.07. The van der Waals surface area contributed by atoms with Gasteiger partial charge in [0.25, 0.3) is 0 Å². The minimum Gasteiger partial charge on any atom is -0.333 e. The molecule has 0 radical (unpaired) electrons. The zero-order chi connectivity index (χ0) is 11.9. The normalized spacial score (nSPS) is 12.3. The van der Waals surface area contributed by atoms with Crippen molar-refractivity contribution in [3.05, 3.63) is 60.2 Å². The largest absolute Gasteiger partial charge is 0.333 e. The van der Waals surface area contributed by atoms with Gasteiger partial charge in [-0.2, -0.15) is 0 Å². The molecule has 0 aliphatic heterocycles. The van der Waals surface area contributed by atoms with Crippen LogP contribution in [-0.4, -0.2) is 13.6 Å². The summed E-state index contributed by atoms with van der Waals surface area (Å²) in [6, 6.07) is 10.5. The molecule has 3 N–H and O–H groups in total. The molecule has 2 rings (SSSR count). The molecule has 0 saturated heterocycles. The molecule has 0 amide bonds. The van der Waals surface area contributed by atoms with Crippen LogP contribution in [0.2, 0.25) is 0 Å². The molecule has 0 spiro atoms. The predicted octanol–water partition coefficient (Wildman–Crippen LogP) is -0.428. The average molecular weight is 230 g/mol. The summed E-state index contributed by atoms with van der Waals surface area (Å²) in [5.74, 6) is 0. The van der Waals surface area contributed by atoms with Crippen LogP contribution in [0.4, 0.5) is 0 Å². The summed E-state index contributed by atoms with van der Waals surface area (Å²) in [4.78, 5) is 7.84. The molecule has 1 unspecified atom stereocenters. The van der Waals surface area contributed by atoms with E-state index >= 15 is 0 Å². The van der Waals surface area contributed by atoms with Crippen LogP contribution >= 0.6 is 0 Å². The molecule has 2 aromatic heterocycles. The average Bonchev–Trinajstić information content (AvgIpc) is 2.39. The van der Waals surface area contributed by atoms with Gasteiger partial charge in [0.2, 0.25) is 0 Å². The van der Waals surface area contributed by atoms with E-state index in [0.29, 0.717) is 0 Å². The lowest BCUT2D eigenvalue weighted by Crippen LogP contribution is -3.07.